The smallest absolute Gasteiger partial charge is 0.236 e. The van der Waals surface area contributed by atoms with Gasteiger partial charge in [0.25, 0.3) is 0 Å². The Bertz CT molecular complexity index is 1060. The van der Waals surface area contributed by atoms with E-state index < -0.39 is 0 Å². The first kappa shape index (κ1) is 17.8. The fourth-order valence-corrected chi connectivity index (χ4v) is 4.55. The van der Waals surface area contributed by atoms with Crippen molar-refractivity contribution in [1.29, 1.82) is 0 Å². The Hall–Kier alpha value is -2.64. The number of hydrogen-bond donors (Lipinski definition) is 1. The Kier molecular flexibility index (Phi) is 4.96. The van der Waals surface area contributed by atoms with E-state index in [0.717, 1.165) is 21.1 Å². The summed E-state index contributed by atoms with van der Waals surface area (Å²) in [4.78, 5) is 21.2. The van der Waals surface area contributed by atoms with Gasteiger partial charge in [-0.2, -0.15) is 0 Å². The zero-order chi connectivity index (χ0) is 18.8. The Labute approximate surface area is 165 Å². The van der Waals surface area contributed by atoms with Gasteiger partial charge in [0.15, 0.2) is 10.3 Å². The lowest BCUT2D eigenvalue weighted by Gasteiger charge is -2.09. The first-order valence-corrected chi connectivity index (χ1v) is 10.3. The highest BCUT2D eigenvalue weighted by Gasteiger charge is 2.12. The molecule has 0 aliphatic rings. The molecule has 0 radical (unpaired) electrons. The van der Waals surface area contributed by atoms with Crippen molar-refractivity contribution in [1.82, 2.24) is 14.5 Å². The highest BCUT2D eigenvalue weighted by Crippen LogP contribution is 2.26. The number of aryl methyl sites for hydroxylation is 2. The summed E-state index contributed by atoms with van der Waals surface area (Å²) in [5.41, 5.74) is 4.35. The predicted octanol–water partition coefficient (Wildman–Crippen LogP) is 4.83. The number of nitrogens with zero attached hydrogens (tertiary/aromatic N) is 3. The van der Waals surface area contributed by atoms with Crippen molar-refractivity contribution >= 4 is 44.4 Å². The number of thiazole rings is 1. The lowest BCUT2D eigenvalue weighted by molar-refractivity contribution is -0.113. The van der Waals surface area contributed by atoms with Crippen LogP contribution in [0.1, 0.15) is 11.1 Å². The molecule has 7 heteroatoms. The summed E-state index contributed by atoms with van der Waals surface area (Å²) in [5, 5.41) is 4.30. The molecule has 0 bridgehead atoms. The normalized spacial score (nSPS) is 11.0. The van der Waals surface area contributed by atoms with E-state index in [1.165, 1.54) is 34.2 Å². The van der Waals surface area contributed by atoms with Crippen LogP contribution in [-0.2, 0) is 4.79 Å². The number of benzene rings is 2. The van der Waals surface area contributed by atoms with E-state index in [-0.39, 0.29) is 11.7 Å². The summed E-state index contributed by atoms with van der Waals surface area (Å²) in [6, 6.07) is 14.2. The van der Waals surface area contributed by atoms with Gasteiger partial charge in [-0.1, -0.05) is 41.3 Å². The number of imidazole rings is 1. The molecule has 0 fully saturated rings. The fraction of sp³-hybridized carbons (Fsp3) is 0.150. The average Bonchev–Trinajstić information content (AvgIpc) is 3.25. The molecule has 4 aromatic rings. The molecule has 0 saturated heterocycles. The van der Waals surface area contributed by atoms with Crippen LogP contribution in [0.3, 0.4) is 0 Å². The quantitative estimate of drug-likeness (QED) is 0.493. The number of fused-ring (bicyclic) bond motifs is 1. The zero-order valence-corrected chi connectivity index (χ0v) is 16.6. The highest BCUT2D eigenvalue weighted by molar-refractivity contribution is 7.99. The number of amides is 1. The molecule has 27 heavy (non-hydrogen) atoms. The minimum atomic E-state index is -0.0889. The third-order valence-electron chi connectivity index (χ3n) is 3.96. The molecular weight excluding hydrogens is 376 g/mol. The average molecular weight is 395 g/mol. The summed E-state index contributed by atoms with van der Waals surface area (Å²) in [6.07, 6.45) is 3.67. The van der Waals surface area contributed by atoms with E-state index in [9.17, 15) is 4.79 Å². The van der Waals surface area contributed by atoms with Crippen LogP contribution in [0.2, 0.25) is 0 Å². The first-order valence-electron chi connectivity index (χ1n) is 8.49. The van der Waals surface area contributed by atoms with Crippen LogP contribution in [-0.4, -0.2) is 26.2 Å². The van der Waals surface area contributed by atoms with Crippen molar-refractivity contribution in [2.24, 2.45) is 0 Å². The third kappa shape index (κ3) is 4.04. The SMILES string of the molecule is Cc1cc(C)cc(-n2ccnc2SCC(=O)Nc2nc3ccccc3s2)c1. The molecular formula is C20H18N4OS2. The lowest BCUT2D eigenvalue weighted by Crippen LogP contribution is -2.14. The second-order valence-electron chi connectivity index (χ2n) is 6.25. The zero-order valence-electron chi connectivity index (χ0n) is 15.0. The number of rotatable bonds is 5. The van der Waals surface area contributed by atoms with Crippen molar-refractivity contribution < 1.29 is 4.79 Å². The number of nitrogens with one attached hydrogen (secondary N) is 1. The maximum atomic E-state index is 12.3. The largest absolute Gasteiger partial charge is 0.301 e. The minimum Gasteiger partial charge on any atom is -0.301 e. The molecule has 5 nitrogen and oxygen atoms in total. The Morgan fingerprint density at radius 2 is 1.96 bits per heavy atom. The van der Waals surface area contributed by atoms with Gasteiger partial charge < -0.3 is 5.32 Å². The molecule has 0 atom stereocenters. The number of anilines is 1. The van der Waals surface area contributed by atoms with E-state index in [1.807, 2.05) is 35.0 Å². The van der Waals surface area contributed by atoms with Gasteiger partial charge in [-0.25, -0.2) is 9.97 Å². The van der Waals surface area contributed by atoms with Crippen molar-refractivity contribution in [2.45, 2.75) is 19.0 Å². The molecule has 136 valence electrons. The molecule has 1 N–H and O–H groups in total. The van der Waals surface area contributed by atoms with Gasteiger partial charge in [0, 0.05) is 18.1 Å². The molecule has 0 aliphatic carbocycles. The summed E-state index contributed by atoms with van der Waals surface area (Å²) in [6.45, 7) is 4.15. The lowest BCUT2D eigenvalue weighted by atomic mass is 10.1. The van der Waals surface area contributed by atoms with Crippen LogP contribution in [0.5, 0.6) is 0 Å². The maximum Gasteiger partial charge on any atom is 0.236 e. The van der Waals surface area contributed by atoms with Gasteiger partial charge in [-0.3, -0.25) is 9.36 Å². The van der Waals surface area contributed by atoms with E-state index in [2.05, 4.69) is 47.3 Å². The van der Waals surface area contributed by atoms with Crippen LogP contribution in [0.4, 0.5) is 5.13 Å². The molecule has 2 aromatic carbocycles. The molecule has 0 spiro atoms. The second-order valence-corrected chi connectivity index (χ2v) is 8.22. The maximum absolute atomic E-state index is 12.3. The predicted molar refractivity (Wildman–Crippen MR) is 112 cm³/mol. The van der Waals surface area contributed by atoms with Gasteiger partial charge in [-0.15, -0.1) is 0 Å². The van der Waals surface area contributed by atoms with Crippen LogP contribution < -0.4 is 5.32 Å². The van der Waals surface area contributed by atoms with Crippen LogP contribution in [0.15, 0.2) is 60.0 Å². The van der Waals surface area contributed by atoms with E-state index in [4.69, 9.17) is 0 Å². The monoisotopic (exact) mass is 394 g/mol. The summed E-state index contributed by atoms with van der Waals surface area (Å²) in [5.74, 6) is 0.187. The molecule has 1 amide bonds. The molecule has 2 heterocycles. The molecule has 4 rings (SSSR count). The minimum absolute atomic E-state index is 0.0889. The Morgan fingerprint density at radius 1 is 1.19 bits per heavy atom. The number of hydrogen-bond acceptors (Lipinski definition) is 5. The van der Waals surface area contributed by atoms with Gasteiger partial charge in [0.05, 0.1) is 16.0 Å². The second kappa shape index (κ2) is 7.54. The third-order valence-corrected chi connectivity index (χ3v) is 5.88. The number of thioether (sulfide) groups is 1. The van der Waals surface area contributed by atoms with E-state index in [1.54, 1.807) is 6.20 Å². The summed E-state index contributed by atoms with van der Waals surface area (Å²) >= 11 is 2.89. The summed E-state index contributed by atoms with van der Waals surface area (Å²) < 4.78 is 3.07. The Morgan fingerprint density at radius 3 is 2.74 bits per heavy atom. The Balaban J connectivity index is 1.44. The first-order chi connectivity index (χ1) is 13.1. The number of aromatic nitrogens is 3. The van der Waals surface area contributed by atoms with Gasteiger partial charge in [-0.05, 0) is 49.2 Å². The molecule has 0 unspecified atom stereocenters. The molecule has 0 aliphatic heterocycles. The van der Waals surface area contributed by atoms with Crippen molar-refractivity contribution in [2.75, 3.05) is 11.1 Å². The van der Waals surface area contributed by atoms with Crippen LogP contribution >= 0.6 is 23.1 Å². The van der Waals surface area contributed by atoms with Gasteiger partial charge in [0.1, 0.15) is 0 Å². The highest BCUT2D eigenvalue weighted by atomic mass is 32.2. The topological polar surface area (TPSA) is 59.8 Å². The number of para-hydroxylation sites is 1. The molecule has 2 aromatic heterocycles. The van der Waals surface area contributed by atoms with Crippen LogP contribution in [0.25, 0.3) is 15.9 Å². The standard InChI is InChI=1S/C20H18N4OS2/c1-13-9-14(2)11-15(10-13)24-8-7-21-20(24)26-12-18(25)23-19-22-16-5-3-4-6-17(16)27-19/h3-11H,12H2,1-2H3,(H,22,23,25). The molecule has 0 saturated carbocycles. The number of carbonyl (C=O) groups is 1. The fourth-order valence-electron chi connectivity index (χ4n) is 2.89. The van der Waals surface area contributed by atoms with Gasteiger partial charge in [0.2, 0.25) is 5.91 Å². The van der Waals surface area contributed by atoms with Crippen molar-refractivity contribution in [3.8, 4) is 5.69 Å². The van der Waals surface area contributed by atoms with Crippen molar-refractivity contribution in [3.05, 3.63) is 66.0 Å². The van der Waals surface area contributed by atoms with Crippen molar-refractivity contribution in [3.63, 3.8) is 0 Å². The van der Waals surface area contributed by atoms with E-state index in [0.29, 0.717) is 5.13 Å². The van der Waals surface area contributed by atoms with Gasteiger partial charge >= 0.3 is 0 Å². The van der Waals surface area contributed by atoms with Crippen LogP contribution in [0, 0.1) is 13.8 Å². The summed E-state index contributed by atoms with van der Waals surface area (Å²) in [7, 11) is 0. The number of carbonyl (C=O) groups excluding carboxylic acids is 1. The van der Waals surface area contributed by atoms with E-state index >= 15 is 0 Å².